The maximum Gasteiger partial charge on any atom is 0.309 e. The van der Waals surface area contributed by atoms with Gasteiger partial charge in [-0.3, -0.25) is 4.79 Å². The van der Waals surface area contributed by atoms with E-state index in [9.17, 15) is 4.79 Å². The molecule has 0 radical (unpaired) electrons. The van der Waals surface area contributed by atoms with Crippen molar-refractivity contribution in [2.45, 2.75) is 20.3 Å². The Balaban J connectivity index is 2.95. The number of halogens is 1. The Morgan fingerprint density at radius 1 is 1.47 bits per heavy atom. The highest BCUT2D eigenvalue weighted by molar-refractivity contribution is 6.31. The van der Waals surface area contributed by atoms with Crippen LogP contribution in [0.5, 0.6) is 5.75 Å². The lowest BCUT2D eigenvalue weighted by Gasteiger charge is -2.19. The number of aromatic hydroxyl groups is 1. The number of carboxylic acid groups (broad SMARTS) is 1. The summed E-state index contributed by atoms with van der Waals surface area (Å²) in [7, 11) is 0. The van der Waals surface area contributed by atoms with Crippen LogP contribution in [0.4, 0.5) is 0 Å². The molecule has 0 aliphatic heterocycles. The van der Waals surface area contributed by atoms with E-state index in [1.54, 1.807) is 19.9 Å². The molecule has 0 heterocycles. The monoisotopic (exact) mass is 228 g/mol. The maximum atomic E-state index is 10.9. The van der Waals surface area contributed by atoms with E-state index < -0.39 is 11.4 Å². The minimum atomic E-state index is -0.869. The molecule has 0 aliphatic carbocycles. The van der Waals surface area contributed by atoms with Crippen LogP contribution in [0, 0.1) is 5.41 Å². The third-order valence-corrected chi connectivity index (χ3v) is 2.60. The third kappa shape index (κ3) is 2.86. The topological polar surface area (TPSA) is 57.5 Å². The van der Waals surface area contributed by atoms with Gasteiger partial charge >= 0.3 is 5.97 Å². The van der Waals surface area contributed by atoms with E-state index in [0.29, 0.717) is 11.4 Å². The SMILES string of the molecule is CC(C)(Cc1ccc(O)cc1Cl)C(=O)O. The number of hydrogen-bond donors (Lipinski definition) is 2. The van der Waals surface area contributed by atoms with E-state index in [-0.39, 0.29) is 5.75 Å². The summed E-state index contributed by atoms with van der Waals surface area (Å²) in [5.74, 6) is -0.788. The molecular weight excluding hydrogens is 216 g/mol. The molecule has 0 unspecified atom stereocenters. The molecule has 0 fully saturated rings. The molecule has 0 saturated heterocycles. The van der Waals surface area contributed by atoms with Crippen molar-refractivity contribution in [3.8, 4) is 5.75 Å². The van der Waals surface area contributed by atoms with E-state index in [0.717, 1.165) is 5.56 Å². The molecule has 1 aromatic rings. The largest absolute Gasteiger partial charge is 0.508 e. The molecule has 0 saturated carbocycles. The van der Waals surface area contributed by atoms with Gasteiger partial charge < -0.3 is 10.2 Å². The van der Waals surface area contributed by atoms with Crippen LogP contribution in [-0.2, 0) is 11.2 Å². The van der Waals surface area contributed by atoms with Crippen molar-refractivity contribution in [1.29, 1.82) is 0 Å². The average Bonchev–Trinajstić information content (AvgIpc) is 2.09. The van der Waals surface area contributed by atoms with Crippen molar-refractivity contribution in [3.63, 3.8) is 0 Å². The number of aliphatic carboxylic acids is 1. The molecule has 1 rings (SSSR count). The van der Waals surface area contributed by atoms with Gasteiger partial charge in [-0.2, -0.15) is 0 Å². The number of hydrogen-bond acceptors (Lipinski definition) is 2. The van der Waals surface area contributed by atoms with Gasteiger partial charge in [-0.05, 0) is 38.0 Å². The molecule has 0 aromatic heterocycles. The number of carboxylic acids is 1. The Labute approximate surface area is 93.3 Å². The van der Waals surface area contributed by atoms with Crippen LogP contribution in [0.15, 0.2) is 18.2 Å². The first kappa shape index (κ1) is 11.9. The van der Waals surface area contributed by atoms with Crippen LogP contribution in [-0.4, -0.2) is 16.2 Å². The Morgan fingerprint density at radius 2 is 2.07 bits per heavy atom. The first-order valence-electron chi connectivity index (χ1n) is 4.54. The fourth-order valence-electron chi connectivity index (χ4n) is 1.23. The van der Waals surface area contributed by atoms with Gasteiger partial charge in [-0.1, -0.05) is 17.7 Å². The summed E-state index contributed by atoms with van der Waals surface area (Å²) in [5, 5.41) is 18.5. The second-order valence-electron chi connectivity index (χ2n) is 4.14. The Morgan fingerprint density at radius 3 is 2.53 bits per heavy atom. The van der Waals surface area contributed by atoms with E-state index in [1.165, 1.54) is 12.1 Å². The Kier molecular flexibility index (Phi) is 3.25. The van der Waals surface area contributed by atoms with Crippen molar-refractivity contribution in [1.82, 2.24) is 0 Å². The lowest BCUT2D eigenvalue weighted by Crippen LogP contribution is -2.26. The number of phenolic OH excluding ortho intramolecular Hbond substituents is 1. The highest BCUT2D eigenvalue weighted by Gasteiger charge is 2.28. The van der Waals surface area contributed by atoms with Gasteiger partial charge in [0.1, 0.15) is 5.75 Å². The van der Waals surface area contributed by atoms with Crippen molar-refractivity contribution in [3.05, 3.63) is 28.8 Å². The molecule has 0 aliphatic rings. The summed E-state index contributed by atoms with van der Waals surface area (Å²) in [4.78, 5) is 10.9. The number of phenols is 1. The third-order valence-electron chi connectivity index (χ3n) is 2.25. The molecule has 0 amide bonds. The van der Waals surface area contributed by atoms with Gasteiger partial charge in [0.2, 0.25) is 0 Å². The first-order valence-corrected chi connectivity index (χ1v) is 4.91. The zero-order valence-corrected chi connectivity index (χ0v) is 9.38. The second kappa shape index (κ2) is 4.11. The van der Waals surface area contributed by atoms with Crippen molar-refractivity contribution >= 4 is 17.6 Å². The molecule has 4 heteroatoms. The summed E-state index contributed by atoms with van der Waals surface area (Å²) < 4.78 is 0. The summed E-state index contributed by atoms with van der Waals surface area (Å²) in [6.07, 6.45) is 0.335. The zero-order valence-electron chi connectivity index (χ0n) is 8.62. The molecule has 82 valence electrons. The minimum absolute atomic E-state index is 0.0804. The molecule has 15 heavy (non-hydrogen) atoms. The summed E-state index contributed by atoms with van der Waals surface area (Å²) in [5.41, 5.74) is -0.137. The highest BCUT2D eigenvalue weighted by atomic mass is 35.5. The van der Waals surface area contributed by atoms with Gasteiger partial charge in [-0.25, -0.2) is 0 Å². The maximum absolute atomic E-state index is 10.9. The van der Waals surface area contributed by atoms with E-state index in [2.05, 4.69) is 0 Å². The van der Waals surface area contributed by atoms with Crippen LogP contribution in [0.3, 0.4) is 0 Å². The van der Waals surface area contributed by atoms with E-state index >= 15 is 0 Å². The minimum Gasteiger partial charge on any atom is -0.508 e. The van der Waals surface area contributed by atoms with Crippen LogP contribution in [0.2, 0.25) is 5.02 Å². The Bertz CT molecular complexity index is 385. The quantitative estimate of drug-likeness (QED) is 0.836. The predicted octanol–water partition coefficient (Wildman–Crippen LogP) is 2.70. The summed E-state index contributed by atoms with van der Waals surface area (Å²) >= 11 is 5.89. The van der Waals surface area contributed by atoms with Crippen molar-refractivity contribution in [2.75, 3.05) is 0 Å². The zero-order chi connectivity index (χ0) is 11.6. The standard InChI is InChI=1S/C11H13ClO3/c1-11(2,10(14)15)6-7-3-4-8(13)5-9(7)12/h3-5,13H,6H2,1-2H3,(H,14,15). The van der Waals surface area contributed by atoms with Gasteiger partial charge in [-0.15, -0.1) is 0 Å². The molecule has 1 aromatic carbocycles. The number of carbonyl (C=O) groups is 1. The van der Waals surface area contributed by atoms with E-state index in [4.69, 9.17) is 21.8 Å². The number of benzene rings is 1. The molecular formula is C11H13ClO3. The fourth-order valence-corrected chi connectivity index (χ4v) is 1.47. The summed E-state index contributed by atoms with van der Waals surface area (Å²) in [6, 6.07) is 4.55. The lowest BCUT2D eigenvalue weighted by atomic mass is 9.86. The van der Waals surface area contributed by atoms with E-state index in [1.807, 2.05) is 0 Å². The molecule has 0 bridgehead atoms. The summed E-state index contributed by atoms with van der Waals surface area (Å²) in [6.45, 7) is 3.27. The highest BCUT2D eigenvalue weighted by Crippen LogP contribution is 2.28. The number of rotatable bonds is 3. The molecule has 0 atom stereocenters. The fraction of sp³-hybridized carbons (Fsp3) is 0.364. The van der Waals surface area contributed by atoms with Crippen molar-refractivity contribution in [2.24, 2.45) is 5.41 Å². The van der Waals surface area contributed by atoms with Crippen molar-refractivity contribution < 1.29 is 15.0 Å². The van der Waals surface area contributed by atoms with Gasteiger partial charge in [0.15, 0.2) is 0 Å². The average molecular weight is 229 g/mol. The molecule has 3 nitrogen and oxygen atoms in total. The van der Waals surface area contributed by atoms with Gasteiger partial charge in [0.05, 0.1) is 5.41 Å². The van der Waals surface area contributed by atoms with Gasteiger partial charge in [0, 0.05) is 5.02 Å². The van der Waals surface area contributed by atoms with Crippen LogP contribution in [0.25, 0.3) is 0 Å². The molecule has 0 spiro atoms. The first-order chi connectivity index (χ1) is 6.83. The second-order valence-corrected chi connectivity index (χ2v) is 4.55. The predicted molar refractivity (Wildman–Crippen MR) is 58.2 cm³/mol. The van der Waals surface area contributed by atoms with Crippen LogP contribution >= 0.6 is 11.6 Å². The van der Waals surface area contributed by atoms with Crippen LogP contribution < -0.4 is 0 Å². The van der Waals surface area contributed by atoms with Crippen LogP contribution in [0.1, 0.15) is 19.4 Å². The van der Waals surface area contributed by atoms with Gasteiger partial charge in [0.25, 0.3) is 0 Å². The Hall–Kier alpha value is -1.22. The lowest BCUT2D eigenvalue weighted by molar-refractivity contribution is -0.146. The normalized spacial score (nSPS) is 11.4. The molecule has 2 N–H and O–H groups in total. The smallest absolute Gasteiger partial charge is 0.309 e.